The van der Waals surface area contributed by atoms with Crippen LogP contribution in [0, 0.1) is 17.6 Å². The Morgan fingerprint density at radius 1 is 1.33 bits per heavy atom. The summed E-state index contributed by atoms with van der Waals surface area (Å²) in [6.45, 7) is 1.58. The van der Waals surface area contributed by atoms with Gasteiger partial charge in [-0.05, 0) is 25.5 Å². The second-order valence-corrected chi connectivity index (χ2v) is 5.61. The molecule has 3 atom stereocenters. The van der Waals surface area contributed by atoms with Gasteiger partial charge in [0.2, 0.25) is 0 Å². The third-order valence-corrected chi connectivity index (χ3v) is 4.17. The summed E-state index contributed by atoms with van der Waals surface area (Å²) in [7, 11) is 0. The molecule has 4 N–H and O–H groups in total. The first-order valence-corrected chi connectivity index (χ1v) is 6.28. The molecule has 0 radical (unpaired) electrons. The smallest absolute Gasteiger partial charge is 0.283 e. The van der Waals surface area contributed by atoms with E-state index in [1.54, 1.807) is 6.92 Å². The highest BCUT2D eigenvalue weighted by atomic mass is 19.3. The zero-order valence-corrected chi connectivity index (χ0v) is 11.0. The van der Waals surface area contributed by atoms with Crippen molar-refractivity contribution in [2.75, 3.05) is 5.73 Å². The molecule has 1 aliphatic heterocycles. The maximum Gasteiger partial charge on any atom is 0.283 e. The summed E-state index contributed by atoms with van der Waals surface area (Å²) in [4.78, 5) is 3.65. The third-order valence-electron chi connectivity index (χ3n) is 4.17. The summed E-state index contributed by atoms with van der Waals surface area (Å²) in [6, 6.07) is 1.25. The van der Waals surface area contributed by atoms with Crippen LogP contribution in [-0.4, -0.2) is 18.0 Å². The first-order chi connectivity index (χ1) is 9.70. The molecule has 21 heavy (non-hydrogen) atoms. The number of benzene rings is 1. The number of fused-ring (bicyclic) bond motifs is 1. The van der Waals surface area contributed by atoms with Gasteiger partial charge in [-0.2, -0.15) is 0 Å². The summed E-state index contributed by atoms with van der Waals surface area (Å²) in [5.74, 6) is -3.49. The number of hydrogen-bond acceptors (Lipinski definition) is 4. The fourth-order valence-corrected chi connectivity index (χ4v) is 3.07. The van der Waals surface area contributed by atoms with Crippen LogP contribution in [-0.2, 0) is 10.3 Å². The number of aliphatic imine (C=N–C) groups is 1. The van der Waals surface area contributed by atoms with Gasteiger partial charge in [-0.15, -0.1) is 0 Å². The summed E-state index contributed by atoms with van der Waals surface area (Å²) in [5.41, 5.74) is 6.94. The van der Waals surface area contributed by atoms with E-state index < -0.39 is 46.7 Å². The lowest BCUT2D eigenvalue weighted by Gasteiger charge is -2.35. The lowest BCUT2D eigenvalue weighted by Crippen LogP contribution is -2.46. The summed E-state index contributed by atoms with van der Waals surface area (Å²) in [5, 5.41) is 0. The maximum atomic E-state index is 14.1. The van der Waals surface area contributed by atoms with Crippen LogP contribution in [0.5, 0.6) is 0 Å². The van der Waals surface area contributed by atoms with Gasteiger partial charge in [0.15, 0.2) is 17.2 Å². The minimum Gasteiger partial charge on any atom is -0.459 e. The molecule has 2 aliphatic rings. The summed E-state index contributed by atoms with van der Waals surface area (Å²) in [6.07, 6.45) is -2.86. The Balaban J connectivity index is 2.27. The van der Waals surface area contributed by atoms with Crippen LogP contribution in [0.25, 0.3) is 0 Å². The van der Waals surface area contributed by atoms with E-state index >= 15 is 0 Å². The Morgan fingerprint density at radius 2 is 2.00 bits per heavy atom. The van der Waals surface area contributed by atoms with Gasteiger partial charge >= 0.3 is 0 Å². The number of ether oxygens (including phenoxy) is 1. The van der Waals surface area contributed by atoms with Crippen molar-refractivity contribution in [3.8, 4) is 0 Å². The van der Waals surface area contributed by atoms with Crippen LogP contribution >= 0.6 is 0 Å². The van der Waals surface area contributed by atoms with E-state index in [1.165, 1.54) is 0 Å². The molecule has 114 valence electrons. The molecule has 1 unspecified atom stereocenters. The summed E-state index contributed by atoms with van der Waals surface area (Å²) >= 11 is 0. The van der Waals surface area contributed by atoms with Crippen molar-refractivity contribution in [2.45, 2.75) is 30.9 Å². The van der Waals surface area contributed by atoms with Crippen LogP contribution in [0.15, 0.2) is 17.1 Å². The Morgan fingerprint density at radius 3 is 2.62 bits per heavy atom. The Hall–Kier alpha value is -1.99. The van der Waals surface area contributed by atoms with Crippen molar-refractivity contribution in [3.63, 3.8) is 0 Å². The molecule has 1 aliphatic carbocycles. The molecule has 1 saturated carbocycles. The molecule has 0 bridgehead atoms. The van der Waals surface area contributed by atoms with Crippen molar-refractivity contribution >= 4 is 11.7 Å². The second kappa shape index (κ2) is 4.02. The van der Waals surface area contributed by atoms with E-state index in [0.717, 1.165) is 12.1 Å². The van der Waals surface area contributed by atoms with Gasteiger partial charge in [0.1, 0.15) is 5.60 Å². The van der Waals surface area contributed by atoms with Crippen molar-refractivity contribution in [1.29, 1.82) is 0 Å². The molecule has 0 saturated heterocycles. The highest BCUT2D eigenvalue weighted by Crippen LogP contribution is 2.62. The predicted molar refractivity (Wildman–Crippen MR) is 67.7 cm³/mol. The fourth-order valence-electron chi connectivity index (χ4n) is 3.07. The minimum atomic E-state index is -3.08. The second-order valence-electron chi connectivity index (χ2n) is 5.61. The number of hydrogen-bond donors (Lipinski definition) is 2. The molecule has 4 nitrogen and oxygen atoms in total. The average molecular weight is 303 g/mol. The van der Waals surface area contributed by atoms with Gasteiger partial charge < -0.3 is 16.2 Å². The van der Waals surface area contributed by atoms with E-state index in [4.69, 9.17) is 16.2 Å². The van der Waals surface area contributed by atoms with Gasteiger partial charge in [-0.25, -0.2) is 22.6 Å². The van der Waals surface area contributed by atoms with Crippen LogP contribution in [0.1, 0.15) is 18.9 Å². The number of anilines is 1. The van der Waals surface area contributed by atoms with Crippen molar-refractivity contribution in [1.82, 2.24) is 0 Å². The highest BCUT2D eigenvalue weighted by Gasteiger charge is 2.71. The SMILES string of the molecule is CC12C[C@@H]1[C@@](c1cc(N)cc(F)c1F)(C(F)F)N=C(N)O2. The van der Waals surface area contributed by atoms with Gasteiger partial charge in [-0.3, -0.25) is 0 Å². The van der Waals surface area contributed by atoms with Gasteiger partial charge in [0.25, 0.3) is 12.4 Å². The lowest BCUT2D eigenvalue weighted by molar-refractivity contribution is -0.000122. The average Bonchev–Trinajstić information content (AvgIpc) is 3.03. The molecular formula is C13H13F4N3O. The number of halogens is 4. The molecule has 8 heteroatoms. The molecule has 0 amide bonds. The van der Waals surface area contributed by atoms with Crippen LogP contribution in [0.4, 0.5) is 23.2 Å². The number of alkyl halides is 2. The monoisotopic (exact) mass is 303 g/mol. The fraction of sp³-hybridized carbons (Fsp3) is 0.462. The molecule has 0 spiro atoms. The molecule has 1 aromatic rings. The van der Waals surface area contributed by atoms with Gasteiger partial charge in [0, 0.05) is 17.2 Å². The molecular weight excluding hydrogens is 290 g/mol. The Bertz CT molecular complexity index is 651. The quantitative estimate of drug-likeness (QED) is 0.649. The number of nitrogens with zero attached hydrogens (tertiary/aromatic N) is 1. The van der Waals surface area contributed by atoms with Crippen LogP contribution < -0.4 is 11.5 Å². The molecule has 1 fully saturated rings. The van der Waals surface area contributed by atoms with Gasteiger partial charge in [0.05, 0.1) is 0 Å². The molecule has 1 heterocycles. The zero-order valence-electron chi connectivity index (χ0n) is 11.0. The Kier molecular flexibility index (Phi) is 2.67. The van der Waals surface area contributed by atoms with Crippen molar-refractivity contribution < 1.29 is 22.3 Å². The van der Waals surface area contributed by atoms with Crippen molar-refractivity contribution in [2.24, 2.45) is 16.6 Å². The molecule has 1 aromatic carbocycles. The van der Waals surface area contributed by atoms with Gasteiger partial charge in [-0.1, -0.05) is 0 Å². The number of nitrogens with two attached hydrogens (primary N) is 2. The first kappa shape index (κ1) is 14.0. The normalized spacial score (nSPS) is 34.2. The zero-order chi connectivity index (χ0) is 15.6. The van der Waals surface area contributed by atoms with Crippen LogP contribution in [0.2, 0.25) is 0 Å². The Labute approximate surface area is 117 Å². The number of rotatable bonds is 2. The predicted octanol–water partition coefficient (Wildman–Crippen LogP) is 2.13. The highest BCUT2D eigenvalue weighted by molar-refractivity contribution is 5.75. The summed E-state index contributed by atoms with van der Waals surface area (Å²) < 4.78 is 60.4. The molecule has 3 rings (SSSR count). The lowest BCUT2D eigenvalue weighted by atomic mass is 9.83. The minimum absolute atomic E-state index is 0.161. The standard InChI is InChI=1S/C13H13F4N3O/c1-12-4-8(12)13(10(16)17,20-11(19)21-12)6-2-5(18)3-7(14)9(6)15/h2-3,8,10H,4,18H2,1H3,(H2,19,20)/t8-,12?,13-/m0/s1. The van der Waals surface area contributed by atoms with E-state index in [9.17, 15) is 17.6 Å². The van der Waals surface area contributed by atoms with E-state index in [0.29, 0.717) is 0 Å². The number of amidine groups is 1. The third kappa shape index (κ3) is 1.77. The van der Waals surface area contributed by atoms with Crippen LogP contribution in [0.3, 0.4) is 0 Å². The largest absolute Gasteiger partial charge is 0.459 e. The first-order valence-electron chi connectivity index (χ1n) is 6.28. The molecule has 0 aromatic heterocycles. The van der Waals surface area contributed by atoms with E-state index in [2.05, 4.69) is 4.99 Å². The number of nitrogen functional groups attached to an aromatic ring is 1. The van der Waals surface area contributed by atoms with E-state index in [1.807, 2.05) is 0 Å². The van der Waals surface area contributed by atoms with Crippen molar-refractivity contribution in [3.05, 3.63) is 29.3 Å². The maximum absolute atomic E-state index is 14.1. The topological polar surface area (TPSA) is 73.6 Å². The van der Waals surface area contributed by atoms with E-state index in [-0.39, 0.29) is 12.1 Å².